The number of hydrogen-bond donors (Lipinski definition) is 2. The summed E-state index contributed by atoms with van der Waals surface area (Å²) in [6.07, 6.45) is 3.27. The van der Waals surface area contributed by atoms with Crippen LogP contribution in [0.15, 0.2) is 42.6 Å². The van der Waals surface area contributed by atoms with Gasteiger partial charge in [0.2, 0.25) is 5.91 Å². The molecule has 7 nitrogen and oxygen atoms in total. The van der Waals surface area contributed by atoms with Crippen molar-refractivity contribution in [2.45, 2.75) is 18.9 Å². The Kier molecular flexibility index (Phi) is 6.55. The predicted molar refractivity (Wildman–Crippen MR) is 97.8 cm³/mol. The number of benzene rings is 1. The van der Waals surface area contributed by atoms with Crippen LogP contribution in [0.1, 0.15) is 29.2 Å². The lowest BCUT2D eigenvalue weighted by Gasteiger charge is -2.32. The average molecular weight is 364 g/mol. The Balaban J connectivity index is 0.00000225. The Morgan fingerprint density at radius 3 is 2.48 bits per heavy atom. The van der Waals surface area contributed by atoms with Crippen molar-refractivity contribution in [1.82, 2.24) is 14.7 Å². The fourth-order valence-electron chi connectivity index (χ4n) is 2.97. The van der Waals surface area contributed by atoms with Crippen LogP contribution in [0.2, 0.25) is 0 Å². The highest BCUT2D eigenvalue weighted by Crippen LogP contribution is 2.25. The molecule has 0 atom stereocenters. The highest BCUT2D eigenvalue weighted by molar-refractivity contribution is 6.03. The van der Waals surface area contributed by atoms with Gasteiger partial charge in [-0.25, -0.2) is 4.68 Å². The van der Waals surface area contributed by atoms with E-state index in [4.69, 9.17) is 5.73 Å². The third kappa shape index (κ3) is 4.37. The molecule has 1 saturated heterocycles. The van der Waals surface area contributed by atoms with Gasteiger partial charge < -0.3 is 16.0 Å². The molecule has 134 valence electrons. The van der Waals surface area contributed by atoms with E-state index in [2.05, 4.69) is 10.4 Å². The highest BCUT2D eigenvalue weighted by atomic mass is 35.5. The molecule has 0 unspecified atom stereocenters. The van der Waals surface area contributed by atoms with Crippen LogP contribution in [0.4, 0.5) is 5.82 Å². The van der Waals surface area contributed by atoms with Crippen molar-refractivity contribution in [2.24, 2.45) is 5.73 Å². The summed E-state index contributed by atoms with van der Waals surface area (Å²) in [5.74, 6) is 0.493. The Bertz CT molecular complexity index is 711. The number of nitrogens with zero attached hydrogens (tertiary/aromatic N) is 3. The summed E-state index contributed by atoms with van der Waals surface area (Å²) in [5.41, 5.74) is 6.02. The van der Waals surface area contributed by atoms with E-state index in [1.54, 1.807) is 29.3 Å². The number of carbonyl (C=O) groups is 2. The van der Waals surface area contributed by atoms with Crippen molar-refractivity contribution in [3.8, 4) is 0 Å². The van der Waals surface area contributed by atoms with Gasteiger partial charge in [0.25, 0.3) is 5.91 Å². The molecule has 0 saturated carbocycles. The maximum atomic E-state index is 12.3. The zero-order valence-corrected chi connectivity index (χ0v) is 14.6. The van der Waals surface area contributed by atoms with E-state index in [-0.39, 0.29) is 36.8 Å². The Labute approximate surface area is 152 Å². The lowest BCUT2D eigenvalue weighted by Crippen LogP contribution is -2.42. The molecule has 0 spiro atoms. The molecule has 1 aromatic heterocycles. The van der Waals surface area contributed by atoms with Gasteiger partial charge in [-0.15, -0.1) is 12.4 Å². The molecule has 3 N–H and O–H groups in total. The van der Waals surface area contributed by atoms with Gasteiger partial charge in [0.05, 0.1) is 18.8 Å². The molecule has 0 aliphatic carbocycles. The van der Waals surface area contributed by atoms with Crippen LogP contribution in [0.3, 0.4) is 0 Å². The lowest BCUT2D eigenvalue weighted by atomic mass is 10.1. The fraction of sp³-hybridized carbons (Fsp3) is 0.353. The van der Waals surface area contributed by atoms with Crippen molar-refractivity contribution < 1.29 is 9.59 Å². The molecule has 2 heterocycles. The monoisotopic (exact) mass is 363 g/mol. The first kappa shape index (κ1) is 19.0. The van der Waals surface area contributed by atoms with Gasteiger partial charge >= 0.3 is 0 Å². The van der Waals surface area contributed by atoms with E-state index in [0.29, 0.717) is 24.5 Å². The molecule has 2 amide bonds. The molecule has 1 fully saturated rings. The molecule has 3 rings (SSSR count). The van der Waals surface area contributed by atoms with Gasteiger partial charge in [-0.1, -0.05) is 18.2 Å². The second kappa shape index (κ2) is 8.64. The zero-order valence-electron chi connectivity index (χ0n) is 13.8. The third-order valence-electron chi connectivity index (χ3n) is 4.29. The first-order valence-electron chi connectivity index (χ1n) is 8.07. The van der Waals surface area contributed by atoms with Crippen LogP contribution < -0.4 is 11.1 Å². The number of carbonyl (C=O) groups excluding carboxylic acids is 2. The van der Waals surface area contributed by atoms with Gasteiger partial charge in [0.15, 0.2) is 0 Å². The summed E-state index contributed by atoms with van der Waals surface area (Å²) in [5, 5.41) is 7.26. The Morgan fingerprint density at radius 1 is 1.16 bits per heavy atom. The first-order valence-corrected chi connectivity index (χ1v) is 8.07. The molecule has 0 radical (unpaired) electrons. The first-order chi connectivity index (χ1) is 11.7. The van der Waals surface area contributed by atoms with Gasteiger partial charge in [-0.3, -0.25) is 9.59 Å². The fourth-order valence-corrected chi connectivity index (χ4v) is 2.97. The van der Waals surface area contributed by atoms with Gasteiger partial charge in [0, 0.05) is 24.7 Å². The molecule has 1 aliphatic heterocycles. The molecule has 2 aromatic rings. The number of nitrogens with one attached hydrogen (secondary N) is 1. The Morgan fingerprint density at radius 2 is 1.84 bits per heavy atom. The second-order valence-electron chi connectivity index (χ2n) is 5.80. The van der Waals surface area contributed by atoms with Crippen molar-refractivity contribution in [3.63, 3.8) is 0 Å². The van der Waals surface area contributed by atoms with Gasteiger partial charge in [0.1, 0.15) is 5.82 Å². The van der Waals surface area contributed by atoms with E-state index in [9.17, 15) is 9.59 Å². The van der Waals surface area contributed by atoms with E-state index >= 15 is 0 Å². The van der Waals surface area contributed by atoms with Crippen LogP contribution in [-0.2, 0) is 4.79 Å². The maximum absolute atomic E-state index is 12.3. The van der Waals surface area contributed by atoms with E-state index < -0.39 is 0 Å². The van der Waals surface area contributed by atoms with Crippen molar-refractivity contribution in [2.75, 3.05) is 25.0 Å². The topological polar surface area (TPSA) is 93.2 Å². The molecule has 1 aliphatic rings. The van der Waals surface area contributed by atoms with Crippen LogP contribution in [0.5, 0.6) is 0 Å². The minimum Gasteiger partial charge on any atom is -0.341 e. The number of amides is 2. The molecular weight excluding hydrogens is 342 g/mol. The number of aromatic nitrogens is 2. The average Bonchev–Trinajstić information content (AvgIpc) is 3.10. The van der Waals surface area contributed by atoms with Gasteiger partial charge in [-0.2, -0.15) is 5.10 Å². The number of anilines is 1. The molecule has 25 heavy (non-hydrogen) atoms. The highest BCUT2D eigenvalue weighted by Gasteiger charge is 2.25. The SMILES string of the molecule is Cl.NCC(=O)N1CCC(n2nccc2NC(=O)c2ccccc2)CC1. The summed E-state index contributed by atoms with van der Waals surface area (Å²) in [4.78, 5) is 25.7. The number of nitrogens with two attached hydrogens (primary N) is 1. The van der Waals surface area contributed by atoms with Crippen LogP contribution in [0.25, 0.3) is 0 Å². The van der Waals surface area contributed by atoms with Crippen LogP contribution >= 0.6 is 12.4 Å². The van der Waals surface area contributed by atoms with E-state index in [0.717, 1.165) is 12.8 Å². The van der Waals surface area contributed by atoms with E-state index in [1.165, 1.54) is 0 Å². The molecule has 0 bridgehead atoms. The van der Waals surface area contributed by atoms with Crippen molar-refractivity contribution in [1.29, 1.82) is 0 Å². The predicted octanol–water partition coefficient (Wildman–Crippen LogP) is 1.68. The number of piperidine rings is 1. The minimum absolute atomic E-state index is 0. The largest absolute Gasteiger partial charge is 0.341 e. The summed E-state index contributed by atoms with van der Waals surface area (Å²) in [6, 6.07) is 11.0. The van der Waals surface area contributed by atoms with Crippen LogP contribution in [0, 0.1) is 0 Å². The zero-order chi connectivity index (χ0) is 16.9. The normalized spacial score (nSPS) is 14.7. The van der Waals surface area contributed by atoms with Gasteiger partial charge in [-0.05, 0) is 25.0 Å². The smallest absolute Gasteiger partial charge is 0.256 e. The maximum Gasteiger partial charge on any atom is 0.256 e. The van der Waals surface area contributed by atoms with E-state index in [1.807, 2.05) is 22.9 Å². The molecule has 8 heteroatoms. The quantitative estimate of drug-likeness (QED) is 0.864. The summed E-state index contributed by atoms with van der Waals surface area (Å²) in [6.45, 7) is 1.37. The Hall–Kier alpha value is -2.38. The number of halogens is 1. The number of hydrogen-bond acceptors (Lipinski definition) is 4. The standard InChI is InChI=1S/C17H21N5O2.ClH/c18-12-16(23)21-10-7-14(8-11-21)22-15(6-9-19-22)20-17(24)13-4-2-1-3-5-13;/h1-6,9,14H,7-8,10-12,18H2,(H,20,24);1H. The second-order valence-corrected chi connectivity index (χ2v) is 5.80. The lowest BCUT2D eigenvalue weighted by molar-refractivity contribution is -0.130. The van der Waals surface area contributed by atoms with Crippen molar-refractivity contribution >= 4 is 30.0 Å². The number of likely N-dealkylation sites (tertiary alicyclic amines) is 1. The third-order valence-corrected chi connectivity index (χ3v) is 4.29. The summed E-state index contributed by atoms with van der Waals surface area (Å²) in [7, 11) is 0. The van der Waals surface area contributed by atoms with Crippen molar-refractivity contribution in [3.05, 3.63) is 48.2 Å². The molecular formula is C17H22ClN5O2. The summed E-state index contributed by atoms with van der Waals surface area (Å²) < 4.78 is 1.84. The summed E-state index contributed by atoms with van der Waals surface area (Å²) >= 11 is 0. The van der Waals surface area contributed by atoms with Crippen LogP contribution in [-0.4, -0.2) is 46.1 Å². The minimum atomic E-state index is -0.159. The molecule has 1 aromatic carbocycles. The number of rotatable bonds is 4.